The van der Waals surface area contributed by atoms with Crippen molar-refractivity contribution in [1.29, 1.82) is 0 Å². The fourth-order valence-corrected chi connectivity index (χ4v) is 4.10. The molecule has 1 aliphatic rings. The number of anilines is 1. The van der Waals surface area contributed by atoms with Crippen LogP contribution in [0.1, 0.15) is 12.8 Å². The normalized spacial score (nSPS) is 17.0. The second-order valence-corrected chi connectivity index (χ2v) is 7.92. The molecule has 1 saturated heterocycles. The van der Waals surface area contributed by atoms with Crippen molar-refractivity contribution in [3.8, 4) is 11.1 Å². The molecule has 7 nitrogen and oxygen atoms in total. The van der Waals surface area contributed by atoms with Crippen molar-refractivity contribution in [2.45, 2.75) is 12.8 Å². The van der Waals surface area contributed by atoms with E-state index in [-0.39, 0.29) is 12.5 Å². The lowest BCUT2D eigenvalue weighted by molar-refractivity contribution is -0.142. The van der Waals surface area contributed by atoms with Crippen molar-refractivity contribution < 1.29 is 14.6 Å². The smallest absolute Gasteiger partial charge is 0.329 e. The topological polar surface area (TPSA) is 91.3 Å². The molecule has 1 atom stereocenters. The summed E-state index contributed by atoms with van der Waals surface area (Å²) in [6.07, 6.45) is 5.57. The zero-order valence-corrected chi connectivity index (χ0v) is 17.1. The molecule has 2 N–H and O–H groups in total. The maximum atomic E-state index is 10.7. The number of aliphatic carboxylic acids is 1. The molecule has 0 radical (unpaired) electrons. The van der Waals surface area contributed by atoms with Gasteiger partial charge in [0.15, 0.2) is 0 Å². The van der Waals surface area contributed by atoms with Crippen LogP contribution in [0.3, 0.4) is 0 Å². The number of halogens is 2. The van der Waals surface area contributed by atoms with Gasteiger partial charge in [0.05, 0.1) is 28.4 Å². The Bertz CT molecular complexity index is 1030. The molecule has 0 spiro atoms. The summed E-state index contributed by atoms with van der Waals surface area (Å²) < 4.78 is 5.31. The average molecular weight is 435 g/mol. The van der Waals surface area contributed by atoms with Crippen molar-refractivity contribution in [1.82, 2.24) is 15.2 Å². The molecule has 1 aromatic carbocycles. The Morgan fingerprint density at radius 1 is 1.38 bits per heavy atom. The minimum absolute atomic E-state index is 0.243. The van der Waals surface area contributed by atoms with Crippen LogP contribution in [0, 0.1) is 5.92 Å². The molecular weight excluding hydrogens is 415 g/mol. The van der Waals surface area contributed by atoms with Crippen LogP contribution >= 0.6 is 23.2 Å². The lowest BCUT2D eigenvalue weighted by Crippen LogP contribution is -2.38. The van der Waals surface area contributed by atoms with E-state index in [1.165, 1.54) is 0 Å². The van der Waals surface area contributed by atoms with Gasteiger partial charge in [-0.2, -0.15) is 5.10 Å². The van der Waals surface area contributed by atoms with Gasteiger partial charge in [-0.25, -0.2) is 9.78 Å². The lowest BCUT2D eigenvalue weighted by atomic mass is 9.98. The zero-order chi connectivity index (χ0) is 20.4. The highest BCUT2D eigenvalue weighted by molar-refractivity contribution is 6.45. The number of carbonyl (C=O) groups is 1. The first-order valence-electron chi connectivity index (χ1n) is 9.35. The number of hydrogen-bond acceptors (Lipinski definition) is 5. The standard InChI is InChI=1S/C20H20Cl2N4O3/c21-16-4-3-14-15(13-7-23-24-8-13)6-17(25-20(14)19(16)22)26-5-1-2-12(9-26)10-29-11-18(27)28/h3-4,6-8,12H,1-2,5,9-11H2,(H,23,24)(H,27,28)/t12-/m0/s1. The van der Waals surface area contributed by atoms with E-state index in [2.05, 4.69) is 15.1 Å². The van der Waals surface area contributed by atoms with E-state index in [1.54, 1.807) is 12.3 Å². The van der Waals surface area contributed by atoms with Crippen LogP contribution in [-0.2, 0) is 9.53 Å². The summed E-state index contributed by atoms with van der Waals surface area (Å²) in [5.41, 5.74) is 2.56. The number of nitrogens with one attached hydrogen (secondary N) is 1. The Kier molecular flexibility index (Phi) is 5.89. The Morgan fingerprint density at radius 2 is 2.24 bits per heavy atom. The molecule has 0 aliphatic carbocycles. The molecule has 3 aromatic rings. The summed E-state index contributed by atoms with van der Waals surface area (Å²) in [4.78, 5) is 17.7. The second kappa shape index (κ2) is 8.57. The largest absolute Gasteiger partial charge is 0.480 e. The number of carboxylic acid groups (broad SMARTS) is 1. The van der Waals surface area contributed by atoms with Gasteiger partial charge < -0.3 is 14.7 Å². The maximum absolute atomic E-state index is 10.7. The number of benzene rings is 1. The molecular formula is C20H20Cl2N4O3. The van der Waals surface area contributed by atoms with Crippen LogP contribution < -0.4 is 4.90 Å². The molecule has 3 heterocycles. The Labute approximate surface area is 177 Å². The third kappa shape index (κ3) is 4.32. The predicted octanol–water partition coefficient (Wildman–Crippen LogP) is 4.25. The van der Waals surface area contributed by atoms with E-state index in [0.29, 0.717) is 22.2 Å². The lowest BCUT2D eigenvalue weighted by Gasteiger charge is -2.34. The Morgan fingerprint density at radius 3 is 3.00 bits per heavy atom. The van der Waals surface area contributed by atoms with Crippen molar-refractivity contribution in [3.05, 3.63) is 40.6 Å². The molecule has 0 saturated carbocycles. The van der Waals surface area contributed by atoms with Gasteiger partial charge in [-0.1, -0.05) is 29.3 Å². The van der Waals surface area contributed by atoms with Gasteiger partial charge in [0.2, 0.25) is 0 Å². The van der Waals surface area contributed by atoms with Gasteiger partial charge >= 0.3 is 5.97 Å². The molecule has 2 aromatic heterocycles. The number of piperidine rings is 1. The van der Waals surface area contributed by atoms with E-state index in [4.69, 9.17) is 38.0 Å². The maximum Gasteiger partial charge on any atom is 0.329 e. The SMILES string of the molecule is O=C(O)COC[C@H]1CCCN(c2cc(-c3cn[nH]c3)c3ccc(Cl)c(Cl)c3n2)C1. The van der Waals surface area contributed by atoms with Crippen LogP contribution in [0.5, 0.6) is 0 Å². The number of rotatable bonds is 6. The first-order chi connectivity index (χ1) is 14.0. The van der Waals surface area contributed by atoms with Gasteiger partial charge in [0.1, 0.15) is 12.4 Å². The van der Waals surface area contributed by atoms with Crippen molar-refractivity contribution in [2.75, 3.05) is 31.2 Å². The first kappa shape index (κ1) is 19.9. The summed E-state index contributed by atoms with van der Waals surface area (Å²) in [6, 6.07) is 5.73. The third-order valence-corrected chi connectivity index (χ3v) is 5.88. The van der Waals surface area contributed by atoms with Crippen LogP contribution in [-0.4, -0.2) is 52.6 Å². The highest BCUT2D eigenvalue weighted by atomic mass is 35.5. The molecule has 4 rings (SSSR count). The molecule has 29 heavy (non-hydrogen) atoms. The summed E-state index contributed by atoms with van der Waals surface area (Å²) in [7, 11) is 0. The number of fused-ring (bicyclic) bond motifs is 1. The van der Waals surface area contributed by atoms with Gasteiger partial charge in [-0.05, 0) is 36.5 Å². The third-order valence-electron chi connectivity index (χ3n) is 5.09. The minimum Gasteiger partial charge on any atom is -0.480 e. The number of pyridine rings is 1. The zero-order valence-electron chi connectivity index (χ0n) is 15.6. The van der Waals surface area contributed by atoms with Crippen LogP contribution in [0.25, 0.3) is 22.0 Å². The molecule has 1 fully saturated rings. The minimum atomic E-state index is -0.954. The van der Waals surface area contributed by atoms with Crippen molar-refractivity contribution in [2.24, 2.45) is 5.92 Å². The second-order valence-electron chi connectivity index (χ2n) is 7.14. The van der Waals surface area contributed by atoms with E-state index >= 15 is 0 Å². The Balaban J connectivity index is 1.68. The molecule has 0 amide bonds. The Hall–Kier alpha value is -2.35. The van der Waals surface area contributed by atoms with Gasteiger partial charge in [-0.15, -0.1) is 0 Å². The molecule has 152 valence electrons. The first-order valence-corrected chi connectivity index (χ1v) is 10.1. The van der Waals surface area contributed by atoms with E-state index < -0.39 is 5.97 Å². The highest BCUT2D eigenvalue weighted by Crippen LogP contribution is 2.37. The summed E-state index contributed by atoms with van der Waals surface area (Å²) >= 11 is 12.7. The fraction of sp³-hybridized carbons (Fsp3) is 0.350. The van der Waals surface area contributed by atoms with E-state index in [9.17, 15) is 4.79 Å². The summed E-state index contributed by atoms with van der Waals surface area (Å²) in [5.74, 6) is 0.0961. The van der Waals surface area contributed by atoms with Gasteiger partial charge in [0.25, 0.3) is 0 Å². The predicted molar refractivity (Wildman–Crippen MR) is 113 cm³/mol. The highest BCUT2D eigenvalue weighted by Gasteiger charge is 2.23. The quantitative estimate of drug-likeness (QED) is 0.602. The van der Waals surface area contributed by atoms with Crippen LogP contribution in [0.2, 0.25) is 10.0 Å². The number of aromatic nitrogens is 3. The number of carboxylic acids is 1. The fourth-order valence-electron chi connectivity index (χ4n) is 3.74. The van der Waals surface area contributed by atoms with E-state index in [1.807, 2.05) is 18.3 Å². The number of hydrogen-bond donors (Lipinski definition) is 2. The van der Waals surface area contributed by atoms with Crippen LogP contribution in [0.15, 0.2) is 30.6 Å². The molecule has 0 unspecified atom stereocenters. The van der Waals surface area contributed by atoms with Gasteiger partial charge in [0, 0.05) is 30.2 Å². The summed E-state index contributed by atoms with van der Waals surface area (Å²) in [5, 5.41) is 17.5. The van der Waals surface area contributed by atoms with Crippen molar-refractivity contribution >= 4 is 45.9 Å². The molecule has 1 aliphatic heterocycles. The monoisotopic (exact) mass is 434 g/mol. The molecule has 9 heteroatoms. The number of nitrogens with zero attached hydrogens (tertiary/aromatic N) is 3. The summed E-state index contributed by atoms with van der Waals surface area (Å²) in [6.45, 7) is 1.74. The number of ether oxygens (including phenoxy) is 1. The van der Waals surface area contributed by atoms with Crippen LogP contribution in [0.4, 0.5) is 5.82 Å². The number of H-pyrrole nitrogens is 1. The number of aromatic amines is 1. The average Bonchev–Trinajstić information content (AvgIpc) is 3.25. The van der Waals surface area contributed by atoms with E-state index in [0.717, 1.165) is 48.3 Å². The van der Waals surface area contributed by atoms with Crippen molar-refractivity contribution in [3.63, 3.8) is 0 Å². The van der Waals surface area contributed by atoms with Gasteiger partial charge in [-0.3, -0.25) is 5.10 Å². The molecule has 0 bridgehead atoms.